The van der Waals surface area contributed by atoms with Crippen molar-refractivity contribution < 1.29 is 9.22 Å². The number of carbonyl (C=O) groups excluding carboxylic acids is 1. The fourth-order valence-corrected chi connectivity index (χ4v) is 8.54. The molecule has 1 spiro atoms. The van der Waals surface area contributed by atoms with E-state index in [4.69, 9.17) is 4.43 Å². The molecule has 2 nitrogen and oxygen atoms in total. The van der Waals surface area contributed by atoms with Gasteiger partial charge >= 0.3 is 0 Å². The zero-order valence-electron chi connectivity index (χ0n) is 21.2. The second kappa shape index (κ2) is 6.44. The van der Waals surface area contributed by atoms with Gasteiger partial charge < -0.3 is 4.43 Å². The van der Waals surface area contributed by atoms with Crippen LogP contribution in [0.15, 0.2) is 23.3 Å². The molecule has 2 bridgehead atoms. The predicted octanol–water partition coefficient (Wildman–Crippen LogP) is 7.03. The van der Waals surface area contributed by atoms with Crippen molar-refractivity contribution in [1.82, 2.24) is 0 Å². The van der Waals surface area contributed by atoms with Gasteiger partial charge in [0.05, 0.1) is 11.5 Å². The average molecular weight is 429 g/mol. The highest BCUT2D eigenvalue weighted by molar-refractivity contribution is 6.74. The average Bonchev–Trinajstić information content (AvgIpc) is 2.98. The van der Waals surface area contributed by atoms with E-state index in [1.165, 1.54) is 11.1 Å². The highest BCUT2D eigenvalue weighted by Gasteiger charge is 2.71. The van der Waals surface area contributed by atoms with Gasteiger partial charge in [-0.1, -0.05) is 73.1 Å². The summed E-state index contributed by atoms with van der Waals surface area (Å²) < 4.78 is 7.20. The number of Topliss-reactive ketones (excluding diaryl/α,β-unsaturated/α-hetero) is 1. The number of rotatable bonds is 2. The Morgan fingerprint density at radius 3 is 2.30 bits per heavy atom. The van der Waals surface area contributed by atoms with E-state index in [2.05, 4.69) is 87.6 Å². The highest BCUT2D eigenvalue weighted by Crippen LogP contribution is 2.72. The van der Waals surface area contributed by atoms with Crippen LogP contribution in [0, 0.1) is 46.3 Å². The minimum atomic E-state index is -2.00. The summed E-state index contributed by atoms with van der Waals surface area (Å²) in [6.07, 6.45) is 5.89. The van der Waals surface area contributed by atoms with Crippen molar-refractivity contribution >= 4 is 14.1 Å². The molecule has 0 radical (unpaired) electrons. The van der Waals surface area contributed by atoms with Gasteiger partial charge in [-0.2, -0.15) is 0 Å². The molecule has 4 aliphatic carbocycles. The minimum Gasteiger partial charge on any atom is -0.413 e. The summed E-state index contributed by atoms with van der Waals surface area (Å²) in [6.45, 7) is 25.7. The lowest BCUT2D eigenvalue weighted by atomic mass is 9.64. The second-order valence-electron chi connectivity index (χ2n) is 13.3. The van der Waals surface area contributed by atoms with Gasteiger partial charge in [-0.15, -0.1) is 0 Å². The summed E-state index contributed by atoms with van der Waals surface area (Å²) in [7, 11) is -2.00. The molecule has 0 heterocycles. The van der Waals surface area contributed by atoms with E-state index >= 15 is 0 Å². The van der Waals surface area contributed by atoms with Crippen LogP contribution in [0.1, 0.15) is 68.7 Å². The van der Waals surface area contributed by atoms with Gasteiger partial charge in [0.25, 0.3) is 0 Å². The van der Waals surface area contributed by atoms with Crippen molar-refractivity contribution in [2.75, 3.05) is 0 Å². The van der Waals surface area contributed by atoms with Gasteiger partial charge in [-0.3, -0.25) is 4.79 Å². The molecule has 0 amide bonds. The summed E-state index contributed by atoms with van der Waals surface area (Å²) in [4.78, 5) is 14.6. The van der Waals surface area contributed by atoms with E-state index in [1.807, 2.05) is 0 Å². The first-order valence-corrected chi connectivity index (χ1v) is 15.1. The Morgan fingerprint density at radius 2 is 1.73 bits per heavy atom. The number of ketones is 1. The van der Waals surface area contributed by atoms with Gasteiger partial charge in [0.15, 0.2) is 14.1 Å². The zero-order valence-corrected chi connectivity index (χ0v) is 22.2. The summed E-state index contributed by atoms with van der Waals surface area (Å²) in [6, 6.07) is 0. The van der Waals surface area contributed by atoms with Crippen molar-refractivity contribution in [3.8, 4) is 0 Å². The maximum atomic E-state index is 14.6. The molecule has 8 atom stereocenters. The van der Waals surface area contributed by atoms with Crippen molar-refractivity contribution in [3.05, 3.63) is 23.3 Å². The Kier molecular flexibility index (Phi) is 4.83. The summed E-state index contributed by atoms with van der Waals surface area (Å²) in [5.41, 5.74) is 2.52. The largest absolute Gasteiger partial charge is 0.413 e. The lowest BCUT2D eigenvalue weighted by Gasteiger charge is -2.44. The van der Waals surface area contributed by atoms with Crippen molar-refractivity contribution in [1.29, 1.82) is 0 Å². The number of carbonyl (C=O) groups is 1. The maximum absolute atomic E-state index is 14.6. The monoisotopic (exact) mass is 428 g/mol. The lowest BCUT2D eigenvalue weighted by Crippen LogP contribution is -2.51. The van der Waals surface area contributed by atoms with Crippen LogP contribution in [0.5, 0.6) is 0 Å². The third kappa shape index (κ3) is 2.79. The Hall–Kier alpha value is -0.673. The molecule has 3 saturated carbocycles. The van der Waals surface area contributed by atoms with Crippen LogP contribution in [0.25, 0.3) is 0 Å². The maximum Gasteiger partial charge on any atom is 0.192 e. The number of hydrogen-bond acceptors (Lipinski definition) is 2. The molecule has 0 aromatic rings. The highest BCUT2D eigenvalue weighted by atomic mass is 28.4. The summed E-state index contributed by atoms with van der Waals surface area (Å²) >= 11 is 0. The van der Waals surface area contributed by atoms with Gasteiger partial charge in [-0.25, -0.2) is 0 Å². The van der Waals surface area contributed by atoms with Crippen molar-refractivity contribution in [3.63, 3.8) is 0 Å². The first-order valence-electron chi connectivity index (χ1n) is 12.2. The second-order valence-corrected chi connectivity index (χ2v) is 18.1. The quantitative estimate of drug-likeness (QED) is 0.441. The van der Waals surface area contributed by atoms with E-state index in [0.717, 1.165) is 6.42 Å². The SMILES string of the molecule is CC1=C[C@]23C(=O)[C@@H]([C@H](O[Si](C)(C)C(C)(C)C)[C@H](C)[C@@H](C)C2=C1)[C@H]1[C@@H](C[C@H]3C)C1(C)C. The fourth-order valence-electron chi connectivity index (χ4n) is 7.14. The zero-order chi connectivity index (χ0) is 22.6. The Bertz CT molecular complexity index is 826. The smallest absolute Gasteiger partial charge is 0.192 e. The van der Waals surface area contributed by atoms with Crippen LogP contribution in [-0.4, -0.2) is 20.2 Å². The molecule has 30 heavy (non-hydrogen) atoms. The fraction of sp³-hybridized carbons (Fsp3) is 0.815. The lowest BCUT2D eigenvalue weighted by molar-refractivity contribution is -0.134. The molecule has 0 unspecified atom stereocenters. The molecular formula is C27H44O2Si. The predicted molar refractivity (Wildman–Crippen MR) is 128 cm³/mol. The molecule has 3 heteroatoms. The third-order valence-corrected chi connectivity index (χ3v) is 14.8. The summed E-state index contributed by atoms with van der Waals surface area (Å²) in [5.74, 6) is 2.69. The molecular weight excluding hydrogens is 384 g/mol. The number of hydrogen-bond donors (Lipinski definition) is 0. The van der Waals surface area contributed by atoms with Crippen LogP contribution >= 0.6 is 0 Å². The minimum absolute atomic E-state index is 0.0228. The summed E-state index contributed by atoms with van der Waals surface area (Å²) in [5, 5.41) is 0.144. The van der Waals surface area contributed by atoms with Gasteiger partial charge in [0.1, 0.15) is 0 Å². The normalized spacial score (nSPS) is 45.0. The molecule has 0 aromatic heterocycles. The van der Waals surface area contributed by atoms with Crippen LogP contribution < -0.4 is 0 Å². The van der Waals surface area contributed by atoms with Gasteiger partial charge in [0, 0.05) is 5.92 Å². The first kappa shape index (κ1) is 22.5. The Labute approximate surface area is 186 Å². The molecule has 168 valence electrons. The number of fused-ring (bicyclic) bond motifs is 3. The first-order chi connectivity index (χ1) is 13.6. The van der Waals surface area contributed by atoms with E-state index in [1.54, 1.807) is 0 Å². The molecule has 0 N–H and O–H groups in total. The van der Waals surface area contributed by atoms with E-state index in [-0.39, 0.29) is 22.5 Å². The molecule has 4 aliphatic rings. The van der Waals surface area contributed by atoms with E-state index < -0.39 is 13.7 Å². The van der Waals surface area contributed by atoms with E-state index in [9.17, 15) is 4.79 Å². The molecule has 0 aromatic carbocycles. The van der Waals surface area contributed by atoms with Crippen LogP contribution in [0.4, 0.5) is 0 Å². The van der Waals surface area contributed by atoms with Crippen molar-refractivity contribution in [2.24, 2.45) is 46.3 Å². The standard InChI is InChI=1S/C27H44O2Si/c1-15-12-19-17(3)18(4)23(29-30(10,11)25(5,6)7)21-22-20(26(22,8)9)13-16(2)27(19,14-15)24(21)28/h12,14,16-18,20-23H,13H2,1-11H3/t16-,17-,18-,20-,21-,22-,23-,27-/m1/s1. The number of allylic oxidation sites excluding steroid dienone is 4. The Balaban J connectivity index is 1.89. The molecule has 3 fully saturated rings. The Morgan fingerprint density at radius 1 is 1.13 bits per heavy atom. The van der Waals surface area contributed by atoms with Crippen molar-refractivity contribution in [2.45, 2.75) is 93.0 Å². The van der Waals surface area contributed by atoms with E-state index in [0.29, 0.717) is 35.4 Å². The topological polar surface area (TPSA) is 26.3 Å². The van der Waals surface area contributed by atoms with Crippen LogP contribution in [0.3, 0.4) is 0 Å². The van der Waals surface area contributed by atoms with Gasteiger partial charge in [0.2, 0.25) is 0 Å². The molecule has 0 saturated heterocycles. The molecule has 0 aliphatic heterocycles. The van der Waals surface area contributed by atoms with Crippen LogP contribution in [0.2, 0.25) is 18.1 Å². The molecule has 4 rings (SSSR count). The third-order valence-electron chi connectivity index (χ3n) is 10.3. The van der Waals surface area contributed by atoms with Gasteiger partial charge in [-0.05, 0) is 72.1 Å². The van der Waals surface area contributed by atoms with Crippen LogP contribution in [-0.2, 0) is 9.22 Å².